The molecule has 2 unspecified atom stereocenters. The number of hydrogen-bond donors (Lipinski definition) is 2. The SMILES string of the molecule is CCNC(=NCC1CCCN(C)C1c1cccs1)NCCC(F)(F)F.I. The second-order valence-electron chi connectivity index (χ2n) is 6.35. The number of nitrogens with one attached hydrogen (secondary N) is 2. The fraction of sp³-hybridized carbons (Fsp3) is 0.706. The van der Waals surface area contributed by atoms with Crippen LogP contribution < -0.4 is 10.6 Å². The number of rotatable bonds is 6. The molecule has 1 aliphatic heterocycles. The van der Waals surface area contributed by atoms with Crippen LogP contribution in [-0.4, -0.2) is 50.3 Å². The number of halogens is 4. The van der Waals surface area contributed by atoms with Crippen LogP contribution >= 0.6 is 35.3 Å². The van der Waals surface area contributed by atoms with Crippen LogP contribution in [0.4, 0.5) is 13.2 Å². The molecule has 0 bridgehead atoms. The summed E-state index contributed by atoms with van der Waals surface area (Å²) >= 11 is 1.75. The molecule has 2 N–H and O–H groups in total. The van der Waals surface area contributed by atoms with Crippen molar-refractivity contribution in [1.82, 2.24) is 15.5 Å². The maximum atomic E-state index is 12.3. The van der Waals surface area contributed by atoms with Gasteiger partial charge in [-0.1, -0.05) is 6.07 Å². The molecule has 2 heterocycles. The van der Waals surface area contributed by atoms with Crippen molar-refractivity contribution in [2.75, 3.05) is 33.2 Å². The zero-order chi connectivity index (χ0) is 18.3. The number of aliphatic imine (C=N–C) groups is 1. The van der Waals surface area contributed by atoms with Crippen LogP contribution in [0.1, 0.15) is 37.1 Å². The summed E-state index contributed by atoms with van der Waals surface area (Å²) < 4.78 is 36.9. The average molecular weight is 504 g/mol. The Morgan fingerprint density at radius 3 is 2.77 bits per heavy atom. The number of alkyl halides is 3. The van der Waals surface area contributed by atoms with E-state index < -0.39 is 12.6 Å². The fourth-order valence-electron chi connectivity index (χ4n) is 3.23. The van der Waals surface area contributed by atoms with Gasteiger partial charge in [-0.05, 0) is 50.7 Å². The highest BCUT2D eigenvalue weighted by molar-refractivity contribution is 14.0. The first kappa shape index (κ1) is 23.5. The number of thiophene rings is 1. The maximum absolute atomic E-state index is 12.3. The van der Waals surface area contributed by atoms with E-state index in [1.165, 1.54) is 4.88 Å². The zero-order valence-electron chi connectivity index (χ0n) is 15.2. The topological polar surface area (TPSA) is 39.7 Å². The summed E-state index contributed by atoms with van der Waals surface area (Å²) in [6.45, 7) is 4.04. The molecule has 0 saturated carbocycles. The van der Waals surface area contributed by atoms with Crippen LogP contribution in [0.2, 0.25) is 0 Å². The van der Waals surface area contributed by atoms with E-state index in [0.29, 0.717) is 31.0 Å². The molecule has 0 spiro atoms. The van der Waals surface area contributed by atoms with Crippen molar-refractivity contribution >= 4 is 41.3 Å². The first-order chi connectivity index (χ1) is 11.9. The third-order valence-electron chi connectivity index (χ3n) is 4.37. The normalized spacial score (nSPS) is 22.0. The highest BCUT2D eigenvalue weighted by atomic mass is 127. The molecule has 1 fully saturated rings. The maximum Gasteiger partial charge on any atom is 0.390 e. The Morgan fingerprint density at radius 1 is 1.38 bits per heavy atom. The van der Waals surface area contributed by atoms with Gasteiger partial charge < -0.3 is 10.6 Å². The van der Waals surface area contributed by atoms with E-state index in [1.54, 1.807) is 11.3 Å². The number of likely N-dealkylation sites (tertiary alicyclic amines) is 1. The summed E-state index contributed by atoms with van der Waals surface area (Å²) in [5.41, 5.74) is 0. The van der Waals surface area contributed by atoms with E-state index >= 15 is 0 Å². The molecule has 26 heavy (non-hydrogen) atoms. The third-order valence-corrected chi connectivity index (χ3v) is 5.31. The van der Waals surface area contributed by atoms with Crippen LogP contribution in [0.25, 0.3) is 0 Å². The van der Waals surface area contributed by atoms with Gasteiger partial charge in [0, 0.05) is 30.6 Å². The van der Waals surface area contributed by atoms with Crippen molar-refractivity contribution in [2.24, 2.45) is 10.9 Å². The van der Waals surface area contributed by atoms with Gasteiger partial charge in [-0.3, -0.25) is 9.89 Å². The number of guanidine groups is 1. The molecule has 4 nitrogen and oxygen atoms in total. The Kier molecular flexibility index (Phi) is 10.2. The first-order valence-electron chi connectivity index (χ1n) is 8.73. The molecule has 0 aliphatic carbocycles. The van der Waals surface area contributed by atoms with Crippen molar-refractivity contribution in [2.45, 2.75) is 38.4 Å². The monoisotopic (exact) mass is 504 g/mol. The van der Waals surface area contributed by atoms with Crippen molar-refractivity contribution in [3.63, 3.8) is 0 Å². The summed E-state index contributed by atoms with van der Waals surface area (Å²) in [6.07, 6.45) is -2.81. The van der Waals surface area contributed by atoms with Gasteiger partial charge in [0.1, 0.15) is 0 Å². The molecule has 2 atom stereocenters. The Hall–Kier alpha value is -0.550. The molecule has 0 amide bonds. The van der Waals surface area contributed by atoms with E-state index in [-0.39, 0.29) is 30.5 Å². The summed E-state index contributed by atoms with van der Waals surface area (Å²) in [4.78, 5) is 8.25. The second-order valence-corrected chi connectivity index (χ2v) is 7.33. The minimum Gasteiger partial charge on any atom is -0.357 e. The van der Waals surface area contributed by atoms with Crippen molar-refractivity contribution < 1.29 is 13.2 Å². The largest absolute Gasteiger partial charge is 0.390 e. The second kappa shape index (κ2) is 11.3. The van der Waals surface area contributed by atoms with Crippen molar-refractivity contribution in [1.29, 1.82) is 0 Å². The van der Waals surface area contributed by atoms with E-state index in [9.17, 15) is 13.2 Å². The van der Waals surface area contributed by atoms with Crippen LogP contribution in [0.5, 0.6) is 0 Å². The lowest BCUT2D eigenvalue weighted by molar-refractivity contribution is -0.132. The van der Waals surface area contributed by atoms with E-state index in [2.05, 4.69) is 45.1 Å². The smallest absolute Gasteiger partial charge is 0.357 e. The van der Waals surface area contributed by atoms with E-state index in [4.69, 9.17) is 0 Å². The van der Waals surface area contributed by atoms with Gasteiger partial charge in [-0.25, -0.2) is 0 Å². The molecule has 0 radical (unpaired) electrons. The van der Waals surface area contributed by atoms with Gasteiger partial charge in [0.05, 0.1) is 6.42 Å². The molecule has 1 aromatic rings. The fourth-order valence-corrected chi connectivity index (χ4v) is 4.22. The summed E-state index contributed by atoms with van der Waals surface area (Å²) in [6, 6.07) is 4.54. The van der Waals surface area contributed by atoms with Gasteiger partial charge in [-0.2, -0.15) is 13.2 Å². The Balaban J connectivity index is 0.00000338. The standard InChI is InChI=1S/C17H27F3N4S.HI/c1-3-21-16(22-9-8-17(18,19)20)23-12-13-6-4-10-24(2)15(13)14-7-5-11-25-14;/h5,7,11,13,15H,3-4,6,8-10,12H2,1-2H3,(H2,21,22,23);1H. The minimum absolute atomic E-state index is 0. The highest BCUT2D eigenvalue weighted by Crippen LogP contribution is 2.37. The Bertz CT molecular complexity index is 537. The number of hydrogen-bond acceptors (Lipinski definition) is 3. The van der Waals surface area contributed by atoms with Crippen LogP contribution in [0, 0.1) is 5.92 Å². The molecule has 0 aromatic carbocycles. The van der Waals surface area contributed by atoms with Crippen LogP contribution in [-0.2, 0) is 0 Å². The van der Waals surface area contributed by atoms with Crippen LogP contribution in [0.15, 0.2) is 22.5 Å². The quantitative estimate of drug-likeness (QED) is 0.346. The molecule has 150 valence electrons. The van der Waals surface area contributed by atoms with Gasteiger partial charge in [-0.15, -0.1) is 35.3 Å². The minimum atomic E-state index is -4.15. The lowest BCUT2D eigenvalue weighted by Gasteiger charge is -2.38. The summed E-state index contributed by atoms with van der Waals surface area (Å²) in [7, 11) is 2.13. The predicted molar refractivity (Wildman–Crippen MR) is 112 cm³/mol. The number of nitrogens with zero attached hydrogens (tertiary/aromatic N) is 2. The molecule has 2 rings (SSSR count). The van der Waals surface area contributed by atoms with Gasteiger partial charge in [0.15, 0.2) is 5.96 Å². The summed E-state index contributed by atoms with van der Waals surface area (Å²) in [5.74, 6) is 0.834. The highest BCUT2D eigenvalue weighted by Gasteiger charge is 2.31. The van der Waals surface area contributed by atoms with Gasteiger partial charge in [0.25, 0.3) is 0 Å². The van der Waals surface area contributed by atoms with Crippen LogP contribution in [0.3, 0.4) is 0 Å². The molecule has 1 aliphatic rings. The molecular weight excluding hydrogens is 476 g/mol. The zero-order valence-corrected chi connectivity index (χ0v) is 18.3. The first-order valence-corrected chi connectivity index (χ1v) is 9.61. The van der Waals surface area contributed by atoms with E-state index in [0.717, 1.165) is 19.4 Å². The number of piperidine rings is 1. The lowest BCUT2D eigenvalue weighted by Crippen LogP contribution is -2.41. The Morgan fingerprint density at radius 2 is 2.15 bits per heavy atom. The molecule has 1 saturated heterocycles. The Labute approximate surface area is 174 Å². The van der Waals surface area contributed by atoms with Crippen molar-refractivity contribution in [3.05, 3.63) is 22.4 Å². The summed E-state index contributed by atoms with van der Waals surface area (Å²) in [5, 5.41) is 7.90. The van der Waals surface area contributed by atoms with E-state index in [1.807, 2.05) is 6.92 Å². The average Bonchev–Trinajstić information content (AvgIpc) is 3.05. The van der Waals surface area contributed by atoms with Crippen molar-refractivity contribution in [3.8, 4) is 0 Å². The molecular formula is C17H28F3IN4S. The van der Waals surface area contributed by atoms with Gasteiger partial charge >= 0.3 is 6.18 Å². The van der Waals surface area contributed by atoms with Gasteiger partial charge in [0.2, 0.25) is 0 Å². The molecule has 1 aromatic heterocycles. The predicted octanol–water partition coefficient (Wildman–Crippen LogP) is 4.26. The molecule has 9 heteroatoms. The third kappa shape index (κ3) is 7.59. The lowest BCUT2D eigenvalue weighted by atomic mass is 9.88.